The topological polar surface area (TPSA) is 69.2 Å². The maximum absolute atomic E-state index is 11.4. The van der Waals surface area contributed by atoms with E-state index in [1.54, 1.807) is 0 Å². The van der Waals surface area contributed by atoms with Gasteiger partial charge in [-0.15, -0.1) is 0 Å². The third kappa shape index (κ3) is 5.02. The SMILES string of the molecule is C[C@H]1C[C@@H](NC(=O)/C=C/C(=O)[O-])CC(C)(C)C1. The quantitative estimate of drug-likeness (QED) is 0.733. The van der Waals surface area contributed by atoms with Gasteiger partial charge in [0.05, 0.1) is 5.97 Å². The Balaban J connectivity index is 2.51. The van der Waals surface area contributed by atoms with Crippen LogP contribution >= 0.6 is 0 Å². The van der Waals surface area contributed by atoms with Crippen molar-refractivity contribution in [1.29, 1.82) is 0 Å². The van der Waals surface area contributed by atoms with E-state index in [1.165, 1.54) is 0 Å². The van der Waals surface area contributed by atoms with Crippen molar-refractivity contribution in [1.82, 2.24) is 5.32 Å². The molecule has 0 aromatic carbocycles. The molecule has 0 radical (unpaired) electrons. The van der Waals surface area contributed by atoms with Crippen LogP contribution in [0, 0.1) is 11.3 Å². The minimum Gasteiger partial charge on any atom is -0.545 e. The zero-order valence-corrected chi connectivity index (χ0v) is 10.7. The first-order valence-electron chi connectivity index (χ1n) is 5.98. The molecule has 4 nitrogen and oxygen atoms in total. The Morgan fingerprint density at radius 1 is 1.29 bits per heavy atom. The highest BCUT2D eigenvalue weighted by Crippen LogP contribution is 2.38. The molecule has 1 aliphatic carbocycles. The van der Waals surface area contributed by atoms with Crippen LogP contribution in [0.1, 0.15) is 40.0 Å². The van der Waals surface area contributed by atoms with Crippen molar-refractivity contribution in [2.45, 2.75) is 46.1 Å². The number of carbonyl (C=O) groups is 2. The average Bonchev–Trinajstić information content (AvgIpc) is 2.11. The Bertz CT molecular complexity index is 334. The molecule has 17 heavy (non-hydrogen) atoms. The van der Waals surface area contributed by atoms with Gasteiger partial charge in [0.1, 0.15) is 0 Å². The molecule has 0 aromatic rings. The molecule has 0 aliphatic heterocycles. The molecule has 1 N–H and O–H groups in total. The second-order valence-electron chi connectivity index (χ2n) is 5.77. The van der Waals surface area contributed by atoms with Crippen molar-refractivity contribution < 1.29 is 14.7 Å². The fourth-order valence-corrected chi connectivity index (χ4v) is 2.85. The zero-order valence-electron chi connectivity index (χ0n) is 10.7. The summed E-state index contributed by atoms with van der Waals surface area (Å²) in [4.78, 5) is 21.6. The molecule has 1 rings (SSSR count). The van der Waals surface area contributed by atoms with Gasteiger partial charge < -0.3 is 15.2 Å². The van der Waals surface area contributed by atoms with Gasteiger partial charge in [-0.3, -0.25) is 4.79 Å². The molecular formula is C13H20NO3-. The summed E-state index contributed by atoms with van der Waals surface area (Å²) in [5.74, 6) is -1.13. The van der Waals surface area contributed by atoms with E-state index in [1.807, 2.05) is 0 Å². The summed E-state index contributed by atoms with van der Waals surface area (Å²) in [6, 6.07) is 0.132. The van der Waals surface area contributed by atoms with Gasteiger partial charge >= 0.3 is 0 Å². The van der Waals surface area contributed by atoms with Gasteiger partial charge in [-0.05, 0) is 36.7 Å². The first kappa shape index (κ1) is 13.7. The number of hydrogen-bond donors (Lipinski definition) is 1. The highest BCUT2D eigenvalue weighted by Gasteiger charge is 2.32. The highest BCUT2D eigenvalue weighted by atomic mass is 16.4. The number of hydrogen-bond acceptors (Lipinski definition) is 3. The van der Waals surface area contributed by atoms with Crippen LogP contribution in [0.4, 0.5) is 0 Å². The summed E-state index contributed by atoms with van der Waals surface area (Å²) in [6.45, 7) is 6.56. The van der Waals surface area contributed by atoms with E-state index in [4.69, 9.17) is 0 Å². The Morgan fingerprint density at radius 3 is 2.47 bits per heavy atom. The third-order valence-corrected chi connectivity index (χ3v) is 3.10. The van der Waals surface area contributed by atoms with Gasteiger partial charge in [-0.2, -0.15) is 0 Å². The van der Waals surface area contributed by atoms with Crippen molar-refractivity contribution in [2.24, 2.45) is 11.3 Å². The van der Waals surface area contributed by atoms with Gasteiger partial charge in [-0.1, -0.05) is 20.8 Å². The van der Waals surface area contributed by atoms with E-state index in [9.17, 15) is 14.7 Å². The highest BCUT2D eigenvalue weighted by molar-refractivity contribution is 5.93. The van der Waals surface area contributed by atoms with Crippen LogP contribution < -0.4 is 10.4 Å². The van der Waals surface area contributed by atoms with Crippen LogP contribution in [0.15, 0.2) is 12.2 Å². The molecule has 0 bridgehead atoms. The molecule has 1 fully saturated rings. The second kappa shape index (κ2) is 5.34. The molecular weight excluding hydrogens is 218 g/mol. The Morgan fingerprint density at radius 2 is 1.94 bits per heavy atom. The molecule has 0 heterocycles. The first-order valence-corrected chi connectivity index (χ1v) is 5.98. The molecule has 1 saturated carbocycles. The summed E-state index contributed by atoms with van der Waals surface area (Å²) < 4.78 is 0. The van der Waals surface area contributed by atoms with Gasteiger partial charge in [0.25, 0.3) is 0 Å². The average molecular weight is 238 g/mol. The molecule has 0 aromatic heterocycles. The van der Waals surface area contributed by atoms with Crippen LogP contribution in [0.5, 0.6) is 0 Å². The lowest BCUT2D eigenvalue weighted by molar-refractivity contribution is -0.297. The lowest BCUT2D eigenvalue weighted by atomic mass is 9.70. The summed E-state index contributed by atoms with van der Waals surface area (Å²) in [6.07, 6.45) is 4.82. The predicted octanol–water partition coefficient (Wildman–Crippen LogP) is 0.623. The van der Waals surface area contributed by atoms with Crippen LogP contribution in [-0.2, 0) is 9.59 Å². The standard InChI is InChI=1S/C13H21NO3/c1-9-6-10(8-13(2,3)7-9)14-11(15)4-5-12(16)17/h4-5,9-10H,6-8H2,1-3H3,(H,14,15)(H,16,17)/p-1/b5-4+/t9-,10+/m0/s1. The monoisotopic (exact) mass is 238 g/mol. The minimum atomic E-state index is -1.35. The van der Waals surface area contributed by atoms with Crippen molar-refractivity contribution in [3.8, 4) is 0 Å². The predicted molar refractivity (Wildman–Crippen MR) is 62.9 cm³/mol. The van der Waals surface area contributed by atoms with Crippen LogP contribution in [-0.4, -0.2) is 17.9 Å². The minimum absolute atomic E-state index is 0.132. The molecule has 1 aliphatic rings. The van der Waals surface area contributed by atoms with Crippen LogP contribution in [0.25, 0.3) is 0 Å². The largest absolute Gasteiger partial charge is 0.545 e. The van der Waals surface area contributed by atoms with E-state index < -0.39 is 5.97 Å². The Labute approximate surface area is 102 Å². The molecule has 1 amide bonds. The number of carboxylic acids is 1. The maximum atomic E-state index is 11.4. The lowest BCUT2D eigenvalue weighted by Gasteiger charge is -2.39. The van der Waals surface area contributed by atoms with Gasteiger partial charge in [0.2, 0.25) is 5.91 Å². The summed E-state index contributed by atoms with van der Waals surface area (Å²) >= 11 is 0. The number of carbonyl (C=O) groups excluding carboxylic acids is 2. The van der Waals surface area contributed by atoms with Crippen molar-refractivity contribution in [3.63, 3.8) is 0 Å². The molecule has 96 valence electrons. The van der Waals surface area contributed by atoms with Crippen LogP contribution in [0.2, 0.25) is 0 Å². The lowest BCUT2D eigenvalue weighted by Crippen LogP contribution is -2.42. The van der Waals surface area contributed by atoms with Crippen molar-refractivity contribution in [3.05, 3.63) is 12.2 Å². The zero-order chi connectivity index (χ0) is 13.1. The number of nitrogens with one attached hydrogen (secondary N) is 1. The summed E-state index contributed by atoms with van der Waals surface area (Å²) in [5.41, 5.74) is 0.230. The fraction of sp³-hybridized carbons (Fsp3) is 0.692. The van der Waals surface area contributed by atoms with Crippen LogP contribution in [0.3, 0.4) is 0 Å². The van der Waals surface area contributed by atoms with Gasteiger partial charge in [-0.25, -0.2) is 0 Å². The third-order valence-electron chi connectivity index (χ3n) is 3.10. The van der Waals surface area contributed by atoms with E-state index in [0.717, 1.165) is 31.4 Å². The van der Waals surface area contributed by atoms with E-state index in [2.05, 4.69) is 26.1 Å². The second-order valence-corrected chi connectivity index (χ2v) is 5.77. The fourth-order valence-electron chi connectivity index (χ4n) is 2.85. The molecule has 0 spiro atoms. The molecule has 0 saturated heterocycles. The Kier molecular flexibility index (Phi) is 4.32. The maximum Gasteiger partial charge on any atom is 0.244 e. The number of amides is 1. The molecule has 4 heteroatoms. The van der Waals surface area contributed by atoms with Crippen molar-refractivity contribution in [2.75, 3.05) is 0 Å². The normalized spacial score (nSPS) is 27.9. The number of aliphatic carboxylic acids is 1. The Hall–Kier alpha value is -1.32. The number of rotatable bonds is 3. The van der Waals surface area contributed by atoms with Gasteiger partial charge in [0, 0.05) is 12.1 Å². The van der Waals surface area contributed by atoms with E-state index >= 15 is 0 Å². The van der Waals surface area contributed by atoms with E-state index in [-0.39, 0.29) is 17.4 Å². The van der Waals surface area contributed by atoms with E-state index in [0.29, 0.717) is 5.92 Å². The first-order chi connectivity index (χ1) is 7.78. The molecule has 2 atom stereocenters. The summed E-state index contributed by atoms with van der Waals surface area (Å²) in [7, 11) is 0. The smallest absolute Gasteiger partial charge is 0.244 e. The number of carboxylic acid groups (broad SMARTS) is 1. The van der Waals surface area contributed by atoms with Crippen molar-refractivity contribution >= 4 is 11.9 Å². The molecule has 0 unspecified atom stereocenters. The summed E-state index contributed by atoms with van der Waals surface area (Å²) in [5, 5.41) is 13.0. The van der Waals surface area contributed by atoms with Gasteiger partial charge in [0.15, 0.2) is 0 Å².